The fourth-order valence-corrected chi connectivity index (χ4v) is 3.58. The zero-order valence-electron chi connectivity index (χ0n) is 19.1. The molecule has 0 bridgehead atoms. The number of ether oxygens (including phenoxy) is 2. The number of nitrogens with zero attached hydrogens (tertiary/aromatic N) is 2. The van der Waals surface area contributed by atoms with Gasteiger partial charge in [0.05, 0.1) is 19.1 Å². The third kappa shape index (κ3) is 9.49. The van der Waals surface area contributed by atoms with Gasteiger partial charge in [0, 0.05) is 44.5 Å². The lowest BCUT2D eigenvalue weighted by Crippen LogP contribution is -2.52. The van der Waals surface area contributed by atoms with E-state index < -0.39 is 24.3 Å². The van der Waals surface area contributed by atoms with Gasteiger partial charge >= 0.3 is 24.3 Å². The number of hydrogen-bond acceptors (Lipinski definition) is 7. The number of aliphatic carboxylic acids is 2. The lowest BCUT2D eigenvalue weighted by atomic mass is 9.89. The van der Waals surface area contributed by atoms with Gasteiger partial charge in [-0.1, -0.05) is 6.07 Å². The maximum absolute atomic E-state index is 12.0. The molecule has 2 aliphatic rings. The van der Waals surface area contributed by atoms with Crippen molar-refractivity contribution in [1.82, 2.24) is 15.2 Å². The van der Waals surface area contributed by atoms with Gasteiger partial charge in [-0.2, -0.15) is 26.3 Å². The predicted octanol–water partition coefficient (Wildman–Crippen LogP) is 2.08. The van der Waals surface area contributed by atoms with Crippen molar-refractivity contribution in [1.29, 1.82) is 0 Å². The second kappa shape index (κ2) is 13.2. The van der Waals surface area contributed by atoms with Crippen molar-refractivity contribution in [2.24, 2.45) is 5.92 Å². The highest BCUT2D eigenvalue weighted by Crippen LogP contribution is 2.33. The number of alkyl halides is 6. The summed E-state index contributed by atoms with van der Waals surface area (Å²) < 4.78 is 74.7. The normalized spacial score (nSPS) is 21.6. The van der Waals surface area contributed by atoms with Gasteiger partial charge in [-0.05, 0) is 18.9 Å². The Morgan fingerprint density at radius 1 is 1.17 bits per heavy atom. The maximum atomic E-state index is 12.0. The number of halogens is 6. The number of carbonyl (C=O) groups excluding carboxylic acids is 1. The number of methoxy groups -OCH3 is 1. The Hall–Kier alpha value is -3.14. The molecule has 0 spiro atoms. The number of aromatic nitrogens is 1. The molecule has 16 heteroatoms. The monoisotopic (exact) mass is 533 g/mol. The van der Waals surface area contributed by atoms with Crippen LogP contribution in [0.5, 0.6) is 5.88 Å². The van der Waals surface area contributed by atoms with Crippen LogP contribution in [0.15, 0.2) is 18.3 Å². The molecule has 0 saturated carbocycles. The van der Waals surface area contributed by atoms with E-state index in [4.69, 9.17) is 29.3 Å². The average Bonchev–Trinajstić information content (AvgIpc) is 3.27. The summed E-state index contributed by atoms with van der Waals surface area (Å²) in [5.41, 5.74) is 1.05. The molecule has 1 amide bonds. The number of nitrogens with one attached hydrogen (secondary N) is 1. The lowest BCUT2D eigenvalue weighted by Gasteiger charge is -2.40. The minimum atomic E-state index is -5.08. The van der Waals surface area contributed by atoms with Crippen molar-refractivity contribution < 1.29 is 60.4 Å². The topological polar surface area (TPSA) is 138 Å². The summed E-state index contributed by atoms with van der Waals surface area (Å²) in [6.07, 6.45) is -6.45. The fourth-order valence-electron chi connectivity index (χ4n) is 3.58. The number of rotatable bonds is 4. The highest BCUT2D eigenvalue weighted by atomic mass is 19.4. The number of pyridine rings is 1. The second-order valence-corrected chi connectivity index (χ2v) is 7.52. The van der Waals surface area contributed by atoms with Crippen LogP contribution in [0, 0.1) is 5.92 Å². The van der Waals surface area contributed by atoms with Crippen LogP contribution in [0.2, 0.25) is 0 Å². The van der Waals surface area contributed by atoms with Crippen molar-refractivity contribution >= 4 is 17.8 Å². The Bertz CT molecular complexity index is 873. The smallest absolute Gasteiger partial charge is 0.481 e. The van der Waals surface area contributed by atoms with Crippen molar-refractivity contribution in [3.63, 3.8) is 0 Å². The van der Waals surface area contributed by atoms with Crippen LogP contribution in [-0.2, 0) is 25.7 Å². The van der Waals surface area contributed by atoms with Crippen molar-refractivity contribution in [2.45, 2.75) is 43.9 Å². The van der Waals surface area contributed by atoms with Gasteiger partial charge in [0.2, 0.25) is 11.8 Å². The first kappa shape index (κ1) is 30.9. The molecule has 1 aromatic rings. The molecule has 0 aliphatic carbocycles. The molecule has 0 radical (unpaired) electrons. The summed E-state index contributed by atoms with van der Waals surface area (Å²) in [6.45, 7) is 2.26. The number of piperidine rings is 1. The summed E-state index contributed by atoms with van der Waals surface area (Å²) in [6, 6.07) is 4.33. The van der Waals surface area contributed by atoms with Gasteiger partial charge in [-0.25, -0.2) is 14.6 Å². The van der Waals surface area contributed by atoms with E-state index in [9.17, 15) is 31.1 Å². The second-order valence-electron chi connectivity index (χ2n) is 7.52. The number of carbonyl (C=O) groups is 3. The van der Waals surface area contributed by atoms with E-state index in [2.05, 4.69) is 15.2 Å². The summed E-state index contributed by atoms with van der Waals surface area (Å²) in [4.78, 5) is 36.4. The number of fused-ring (bicyclic) bond motifs is 1. The summed E-state index contributed by atoms with van der Waals surface area (Å²) in [5, 5.41) is 17.0. The molecule has 36 heavy (non-hydrogen) atoms. The number of carboxylic acid groups (broad SMARTS) is 2. The van der Waals surface area contributed by atoms with E-state index in [0.717, 1.165) is 38.1 Å². The highest BCUT2D eigenvalue weighted by molar-refractivity contribution is 5.78. The van der Waals surface area contributed by atoms with Crippen LogP contribution in [0.3, 0.4) is 0 Å². The van der Waals surface area contributed by atoms with Crippen LogP contribution in [0.25, 0.3) is 0 Å². The molecular weight excluding hydrogens is 508 g/mol. The van der Waals surface area contributed by atoms with Gasteiger partial charge in [0.15, 0.2) is 0 Å². The molecule has 3 atom stereocenters. The minimum Gasteiger partial charge on any atom is -0.481 e. The minimum absolute atomic E-state index is 0.0213. The van der Waals surface area contributed by atoms with Gasteiger partial charge in [-0.3, -0.25) is 9.69 Å². The summed E-state index contributed by atoms with van der Waals surface area (Å²) in [7, 11) is 3.33. The Morgan fingerprint density at radius 3 is 2.19 bits per heavy atom. The molecule has 204 valence electrons. The quantitative estimate of drug-likeness (QED) is 0.497. The van der Waals surface area contributed by atoms with Crippen molar-refractivity contribution in [3.05, 3.63) is 23.9 Å². The molecule has 1 aromatic heterocycles. The van der Waals surface area contributed by atoms with Gasteiger partial charge in [-0.15, -0.1) is 0 Å². The first-order chi connectivity index (χ1) is 16.6. The fraction of sp³-hybridized carbons (Fsp3) is 0.600. The Kier molecular flexibility index (Phi) is 11.4. The molecular formula is C20H25F6N3O7. The van der Waals surface area contributed by atoms with Gasteiger partial charge in [0.25, 0.3) is 0 Å². The Labute approximate surface area is 201 Å². The van der Waals surface area contributed by atoms with E-state index in [0.29, 0.717) is 11.9 Å². The number of carboxylic acids is 2. The number of hydrogen-bond donors (Lipinski definition) is 3. The molecule has 0 unspecified atom stereocenters. The largest absolute Gasteiger partial charge is 0.490 e. The third-order valence-corrected chi connectivity index (χ3v) is 5.13. The lowest BCUT2D eigenvalue weighted by molar-refractivity contribution is -0.193. The number of likely N-dealkylation sites (tertiary alicyclic amines) is 1. The van der Waals surface area contributed by atoms with Crippen molar-refractivity contribution in [2.75, 3.05) is 27.3 Å². The molecule has 2 aliphatic heterocycles. The molecule has 0 aromatic carbocycles. The summed E-state index contributed by atoms with van der Waals surface area (Å²) >= 11 is 0. The Morgan fingerprint density at radius 2 is 1.72 bits per heavy atom. The molecule has 2 fully saturated rings. The number of amides is 1. The van der Waals surface area contributed by atoms with Crippen LogP contribution in [0.1, 0.15) is 18.4 Å². The molecule has 3 rings (SSSR count). The molecule has 2 saturated heterocycles. The first-order valence-corrected chi connectivity index (χ1v) is 10.3. The zero-order chi connectivity index (χ0) is 27.7. The van der Waals surface area contributed by atoms with Gasteiger partial charge < -0.3 is 25.0 Å². The van der Waals surface area contributed by atoms with Crippen LogP contribution >= 0.6 is 0 Å². The highest BCUT2D eigenvalue weighted by Gasteiger charge is 2.42. The summed E-state index contributed by atoms with van der Waals surface area (Å²) in [5.74, 6) is -4.79. The van der Waals surface area contributed by atoms with E-state index in [1.54, 1.807) is 20.4 Å². The third-order valence-electron chi connectivity index (χ3n) is 5.13. The zero-order valence-corrected chi connectivity index (χ0v) is 19.1. The average molecular weight is 533 g/mol. The van der Waals surface area contributed by atoms with Crippen LogP contribution < -0.4 is 10.1 Å². The van der Waals surface area contributed by atoms with Crippen molar-refractivity contribution in [3.8, 4) is 5.88 Å². The van der Waals surface area contributed by atoms with E-state index in [-0.39, 0.29) is 17.9 Å². The molecule has 3 heterocycles. The van der Waals surface area contributed by atoms with Crippen LogP contribution in [0.4, 0.5) is 26.3 Å². The first-order valence-electron chi connectivity index (χ1n) is 10.3. The van der Waals surface area contributed by atoms with E-state index in [1.807, 2.05) is 12.1 Å². The van der Waals surface area contributed by atoms with Gasteiger partial charge in [0.1, 0.15) is 0 Å². The van der Waals surface area contributed by atoms with E-state index >= 15 is 0 Å². The SMILES string of the molecule is CNC(=O)[C@H]1C[C@H]2OCC[C@H]2N(Cc2cccnc2OC)C1.O=C(O)C(F)(F)F.O=C(O)C(F)(F)F. The predicted molar refractivity (Wildman–Crippen MR) is 109 cm³/mol. The maximum Gasteiger partial charge on any atom is 0.490 e. The Balaban J connectivity index is 0.000000383. The van der Waals surface area contributed by atoms with E-state index in [1.165, 1.54) is 0 Å². The standard InChI is InChI=1S/C16H23N3O3.2C2HF3O2/c1-17-15(20)12-8-14-13(5-7-22-14)19(10-12)9-11-4-3-6-18-16(11)21-2;2*3-2(4,5)1(6)7/h3-4,6,12-14H,5,7-10H2,1-2H3,(H,17,20);2*(H,6,7)/t12-,13+,14+;;/m0../s1. The molecule has 10 nitrogen and oxygen atoms in total. The van der Waals surface area contributed by atoms with Crippen LogP contribution in [-0.4, -0.2) is 89.8 Å². The molecule has 3 N–H and O–H groups in total.